The highest BCUT2D eigenvalue weighted by atomic mass is 16.3. The molecule has 1 unspecified atom stereocenters. The van der Waals surface area contributed by atoms with Gasteiger partial charge in [-0.2, -0.15) is 0 Å². The predicted molar refractivity (Wildman–Crippen MR) is 99.3 cm³/mol. The summed E-state index contributed by atoms with van der Waals surface area (Å²) >= 11 is 0. The average molecular weight is 322 g/mol. The molecular weight excluding hydrogens is 296 g/mol. The smallest absolute Gasteiger partial charge is 0.138 e. The monoisotopic (exact) mass is 322 g/mol. The molecular formula is C21H26N2O. The maximum Gasteiger partial charge on any atom is 0.138 e. The molecule has 2 aromatic carbocycles. The summed E-state index contributed by atoms with van der Waals surface area (Å²) in [5, 5.41) is 14.4. The summed E-state index contributed by atoms with van der Waals surface area (Å²) in [5.41, 5.74) is 1.63. The molecule has 0 saturated heterocycles. The van der Waals surface area contributed by atoms with Crippen LogP contribution in [-0.2, 0) is 5.41 Å². The van der Waals surface area contributed by atoms with E-state index in [2.05, 4.69) is 41.5 Å². The van der Waals surface area contributed by atoms with Crippen LogP contribution in [0.3, 0.4) is 0 Å². The fourth-order valence-corrected chi connectivity index (χ4v) is 3.35. The Morgan fingerprint density at radius 1 is 0.917 bits per heavy atom. The first-order valence-electron chi connectivity index (χ1n) is 8.80. The van der Waals surface area contributed by atoms with Crippen molar-refractivity contribution in [3.05, 3.63) is 71.8 Å². The number of hydrogen-bond donors (Lipinski definition) is 2. The maximum absolute atomic E-state index is 11.1. The molecule has 3 heteroatoms. The van der Waals surface area contributed by atoms with Crippen molar-refractivity contribution in [2.24, 2.45) is 4.99 Å². The molecule has 2 aromatic rings. The van der Waals surface area contributed by atoms with Crippen molar-refractivity contribution in [3.63, 3.8) is 0 Å². The first-order chi connectivity index (χ1) is 11.7. The van der Waals surface area contributed by atoms with Gasteiger partial charge in [0.15, 0.2) is 0 Å². The van der Waals surface area contributed by atoms with Gasteiger partial charge in [0.2, 0.25) is 0 Å². The molecule has 0 aromatic heterocycles. The van der Waals surface area contributed by atoms with Gasteiger partial charge in [0.05, 0.1) is 11.3 Å². The fourth-order valence-electron chi connectivity index (χ4n) is 3.35. The van der Waals surface area contributed by atoms with E-state index in [1.807, 2.05) is 36.4 Å². The first-order valence-corrected chi connectivity index (χ1v) is 8.80. The van der Waals surface area contributed by atoms with Gasteiger partial charge in [-0.05, 0) is 30.9 Å². The van der Waals surface area contributed by atoms with E-state index in [0.717, 1.165) is 42.8 Å². The van der Waals surface area contributed by atoms with E-state index in [1.54, 1.807) is 0 Å². The Morgan fingerprint density at radius 3 is 2.08 bits per heavy atom. The quantitative estimate of drug-likeness (QED) is 0.839. The second-order valence-electron chi connectivity index (χ2n) is 6.62. The molecule has 0 saturated carbocycles. The van der Waals surface area contributed by atoms with Crippen LogP contribution in [0.1, 0.15) is 43.7 Å². The highest BCUT2D eigenvalue weighted by Crippen LogP contribution is 2.34. The van der Waals surface area contributed by atoms with Crippen molar-refractivity contribution in [1.82, 2.24) is 5.32 Å². The molecule has 1 aliphatic heterocycles. The van der Waals surface area contributed by atoms with Crippen molar-refractivity contribution < 1.29 is 5.11 Å². The van der Waals surface area contributed by atoms with Crippen LogP contribution in [0.15, 0.2) is 65.7 Å². The molecule has 0 fully saturated rings. The lowest BCUT2D eigenvalue weighted by Gasteiger charge is -2.36. The van der Waals surface area contributed by atoms with E-state index in [-0.39, 0.29) is 0 Å². The summed E-state index contributed by atoms with van der Waals surface area (Å²) in [6.45, 7) is 2.94. The Hall–Kier alpha value is -2.13. The van der Waals surface area contributed by atoms with Gasteiger partial charge >= 0.3 is 0 Å². The summed E-state index contributed by atoms with van der Waals surface area (Å²) in [7, 11) is 0. The Bertz CT molecular complexity index is 627. The maximum atomic E-state index is 11.1. The number of nitrogens with one attached hydrogen (secondary N) is 1. The Kier molecular flexibility index (Phi) is 5.31. The van der Waals surface area contributed by atoms with E-state index < -0.39 is 11.6 Å². The number of nitrogens with zero attached hydrogens (tertiary/aromatic N) is 1. The third-order valence-corrected chi connectivity index (χ3v) is 4.97. The summed E-state index contributed by atoms with van der Waals surface area (Å²) in [5.74, 6) is 0.929. The lowest BCUT2D eigenvalue weighted by Crippen LogP contribution is -2.49. The Labute approximate surface area is 144 Å². The van der Waals surface area contributed by atoms with E-state index in [1.165, 1.54) is 6.42 Å². The summed E-state index contributed by atoms with van der Waals surface area (Å²) in [4.78, 5) is 4.61. The molecule has 3 nitrogen and oxygen atoms in total. The Balaban J connectivity index is 1.94. The highest BCUT2D eigenvalue weighted by molar-refractivity contribution is 5.82. The van der Waals surface area contributed by atoms with Crippen LogP contribution >= 0.6 is 0 Å². The van der Waals surface area contributed by atoms with Crippen LogP contribution in [0.2, 0.25) is 0 Å². The molecule has 2 N–H and O–H groups in total. The normalized spacial score (nSPS) is 16.8. The summed E-state index contributed by atoms with van der Waals surface area (Å²) in [6.07, 6.45) is 3.65. The molecule has 0 radical (unpaired) electrons. The van der Waals surface area contributed by atoms with Gasteiger partial charge in [-0.25, -0.2) is 0 Å². The van der Waals surface area contributed by atoms with Crippen LogP contribution in [0.4, 0.5) is 0 Å². The van der Waals surface area contributed by atoms with Crippen LogP contribution in [0.5, 0.6) is 0 Å². The molecule has 0 bridgehead atoms. The third-order valence-electron chi connectivity index (χ3n) is 4.97. The van der Waals surface area contributed by atoms with Crippen LogP contribution in [0, 0.1) is 0 Å². The van der Waals surface area contributed by atoms with Crippen LogP contribution in [-0.4, -0.2) is 23.7 Å². The molecule has 3 rings (SSSR count). The van der Waals surface area contributed by atoms with E-state index in [0.29, 0.717) is 0 Å². The first kappa shape index (κ1) is 16.7. The molecule has 126 valence electrons. The largest absolute Gasteiger partial charge is 0.372 e. The second-order valence-corrected chi connectivity index (χ2v) is 6.62. The molecule has 0 amide bonds. The molecule has 1 heterocycles. The molecule has 1 aliphatic rings. The van der Waals surface area contributed by atoms with Crippen molar-refractivity contribution in [2.75, 3.05) is 6.54 Å². The lowest BCUT2D eigenvalue weighted by molar-refractivity contribution is 0.0963. The van der Waals surface area contributed by atoms with Gasteiger partial charge in [-0.15, -0.1) is 0 Å². The number of amidine groups is 1. The van der Waals surface area contributed by atoms with Gasteiger partial charge in [-0.3, -0.25) is 4.99 Å². The molecule has 1 atom stereocenters. The van der Waals surface area contributed by atoms with Gasteiger partial charge in [0.1, 0.15) is 6.23 Å². The number of aliphatic hydroxyl groups is 1. The molecule has 0 spiro atoms. The fraction of sp³-hybridized carbons (Fsp3) is 0.381. The van der Waals surface area contributed by atoms with Crippen LogP contribution in [0.25, 0.3) is 0 Å². The standard InChI is InChI=1S/C21H26N2O/c1-21(17-11-5-2-6-12-17,18-13-7-3-8-14-18)20(24)23-19-15-9-4-10-16-22-19/h2-3,5-8,11-14,20,24H,4,9-10,15-16H2,1H3,(H,22,23). The van der Waals surface area contributed by atoms with E-state index in [4.69, 9.17) is 0 Å². The third kappa shape index (κ3) is 3.51. The zero-order valence-corrected chi connectivity index (χ0v) is 14.3. The SMILES string of the molecule is CC(c1ccccc1)(c1ccccc1)C(O)NC1=NCCCCC1. The highest BCUT2D eigenvalue weighted by Gasteiger charge is 2.37. The number of rotatable bonds is 4. The van der Waals surface area contributed by atoms with Crippen LogP contribution < -0.4 is 5.32 Å². The summed E-state index contributed by atoms with van der Waals surface area (Å²) < 4.78 is 0. The van der Waals surface area contributed by atoms with E-state index >= 15 is 0 Å². The van der Waals surface area contributed by atoms with Gasteiger partial charge in [-0.1, -0.05) is 67.1 Å². The van der Waals surface area contributed by atoms with Gasteiger partial charge < -0.3 is 10.4 Å². The van der Waals surface area contributed by atoms with E-state index in [9.17, 15) is 5.11 Å². The van der Waals surface area contributed by atoms with Gasteiger partial charge in [0.25, 0.3) is 0 Å². The minimum Gasteiger partial charge on any atom is -0.372 e. The van der Waals surface area contributed by atoms with Crippen molar-refractivity contribution in [1.29, 1.82) is 0 Å². The topological polar surface area (TPSA) is 44.6 Å². The minimum absolute atomic E-state index is 0.544. The average Bonchev–Trinajstić information content (AvgIpc) is 2.91. The number of hydrogen-bond acceptors (Lipinski definition) is 3. The zero-order valence-electron chi connectivity index (χ0n) is 14.3. The Morgan fingerprint density at radius 2 is 1.50 bits per heavy atom. The number of aliphatic hydroxyl groups excluding tert-OH is 1. The summed E-state index contributed by atoms with van der Waals surface area (Å²) in [6, 6.07) is 20.4. The zero-order chi connectivity index (χ0) is 16.8. The minimum atomic E-state index is -0.737. The predicted octanol–water partition coefficient (Wildman–Crippen LogP) is 3.87. The number of aliphatic imine (C=N–C) groups is 1. The van der Waals surface area contributed by atoms with Crippen molar-refractivity contribution in [3.8, 4) is 0 Å². The molecule has 24 heavy (non-hydrogen) atoms. The number of benzene rings is 2. The van der Waals surface area contributed by atoms with Gasteiger partial charge in [0, 0.05) is 13.0 Å². The second kappa shape index (κ2) is 7.63. The van der Waals surface area contributed by atoms with Crippen molar-refractivity contribution >= 4 is 5.84 Å². The molecule has 0 aliphatic carbocycles. The van der Waals surface area contributed by atoms with Crippen molar-refractivity contribution in [2.45, 2.75) is 44.2 Å². The lowest BCUT2D eigenvalue weighted by atomic mass is 9.74.